The molecule has 1 saturated carbocycles. The summed E-state index contributed by atoms with van der Waals surface area (Å²) in [5, 5.41) is 0. The van der Waals surface area contributed by atoms with Crippen LogP contribution in [0.4, 0.5) is 0 Å². The smallest absolute Gasteiger partial charge is 0.312 e. The van der Waals surface area contributed by atoms with Crippen molar-refractivity contribution in [3.8, 4) is 0 Å². The van der Waals surface area contributed by atoms with Gasteiger partial charge in [-0.2, -0.15) is 0 Å². The number of carbonyl (C=O) groups is 2. The van der Waals surface area contributed by atoms with Crippen LogP contribution in [0, 0.1) is 23.2 Å². The van der Waals surface area contributed by atoms with E-state index in [9.17, 15) is 9.59 Å². The minimum Gasteiger partial charge on any atom is -0.469 e. The highest BCUT2D eigenvalue weighted by Gasteiger charge is 2.70. The third-order valence-electron chi connectivity index (χ3n) is 5.49. The van der Waals surface area contributed by atoms with Crippen LogP contribution in [-0.2, 0) is 14.3 Å². The summed E-state index contributed by atoms with van der Waals surface area (Å²) in [4.78, 5) is 24.2. The molecule has 0 heterocycles. The summed E-state index contributed by atoms with van der Waals surface area (Å²) in [5.41, 5.74) is 2.88. The van der Waals surface area contributed by atoms with Gasteiger partial charge in [0, 0.05) is 11.5 Å². The van der Waals surface area contributed by atoms with Crippen LogP contribution in [0.15, 0.2) is 22.8 Å². The van der Waals surface area contributed by atoms with Crippen molar-refractivity contribution in [2.45, 2.75) is 33.6 Å². The normalized spacial score (nSPS) is 40.3. The number of rotatable bonds is 1. The van der Waals surface area contributed by atoms with Crippen molar-refractivity contribution >= 4 is 11.8 Å². The summed E-state index contributed by atoms with van der Waals surface area (Å²) < 4.78 is 4.99. The van der Waals surface area contributed by atoms with Crippen molar-refractivity contribution in [2.75, 3.05) is 7.11 Å². The average Bonchev–Trinajstić information content (AvgIpc) is 2.90. The Morgan fingerprint density at radius 1 is 1.42 bits per heavy atom. The van der Waals surface area contributed by atoms with Crippen molar-refractivity contribution in [3.05, 3.63) is 22.8 Å². The molecule has 3 aliphatic rings. The highest BCUT2D eigenvalue weighted by atomic mass is 16.5. The number of allylic oxidation sites excluding steroid dienone is 4. The van der Waals surface area contributed by atoms with E-state index in [-0.39, 0.29) is 23.6 Å². The fraction of sp³-hybridized carbons (Fsp3) is 0.625. The first kappa shape index (κ1) is 12.6. The maximum Gasteiger partial charge on any atom is 0.312 e. The molecule has 0 aromatic carbocycles. The van der Waals surface area contributed by atoms with Gasteiger partial charge in [0.05, 0.1) is 12.5 Å². The van der Waals surface area contributed by atoms with Gasteiger partial charge in [0.25, 0.3) is 0 Å². The van der Waals surface area contributed by atoms with Gasteiger partial charge >= 0.3 is 5.97 Å². The van der Waals surface area contributed by atoms with E-state index in [0.29, 0.717) is 5.92 Å². The van der Waals surface area contributed by atoms with Gasteiger partial charge in [-0.05, 0) is 51.5 Å². The van der Waals surface area contributed by atoms with Gasteiger partial charge in [-0.3, -0.25) is 9.59 Å². The maximum absolute atomic E-state index is 12.1. The Balaban J connectivity index is 2.04. The quantitative estimate of drug-likeness (QED) is 0.681. The molecule has 0 N–H and O–H groups in total. The number of ether oxygens (including phenoxy) is 1. The number of methoxy groups -OCH3 is 1. The van der Waals surface area contributed by atoms with Crippen LogP contribution in [-0.4, -0.2) is 18.9 Å². The van der Waals surface area contributed by atoms with Crippen molar-refractivity contribution in [2.24, 2.45) is 23.2 Å². The molecule has 0 unspecified atom stereocenters. The highest BCUT2D eigenvalue weighted by Crippen LogP contribution is 2.69. The summed E-state index contributed by atoms with van der Waals surface area (Å²) in [6.45, 7) is 6.08. The third kappa shape index (κ3) is 1.44. The molecule has 0 radical (unpaired) electrons. The lowest BCUT2D eigenvalue weighted by molar-refractivity contribution is -0.147. The Labute approximate surface area is 113 Å². The molecule has 0 bridgehead atoms. The Hall–Kier alpha value is -1.38. The molecule has 3 aliphatic carbocycles. The van der Waals surface area contributed by atoms with E-state index >= 15 is 0 Å². The van der Waals surface area contributed by atoms with Crippen LogP contribution in [0.2, 0.25) is 0 Å². The lowest BCUT2D eigenvalue weighted by Gasteiger charge is -2.19. The zero-order valence-electron chi connectivity index (χ0n) is 11.9. The molecule has 0 saturated heterocycles. The SMILES string of the molecule is COC(=O)[C@]1(C)[C@@H]2[C@H]3C(C)=CC(=O)C3=C(C)CC[C@@H]21. The van der Waals surface area contributed by atoms with Crippen molar-refractivity contribution < 1.29 is 14.3 Å². The zero-order valence-corrected chi connectivity index (χ0v) is 11.9. The molecule has 0 spiro atoms. The first-order valence-electron chi connectivity index (χ1n) is 6.93. The Morgan fingerprint density at radius 3 is 2.74 bits per heavy atom. The van der Waals surface area contributed by atoms with Crippen molar-refractivity contribution in [1.29, 1.82) is 0 Å². The van der Waals surface area contributed by atoms with E-state index in [4.69, 9.17) is 4.74 Å². The first-order valence-corrected chi connectivity index (χ1v) is 6.93. The number of carbonyl (C=O) groups excluding carboxylic acids is 2. The van der Waals surface area contributed by atoms with Crippen LogP contribution in [0.3, 0.4) is 0 Å². The van der Waals surface area contributed by atoms with Crippen LogP contribution in [0.1, 0.15) is 33.6 Å². The second kappa shape index (κ2) is 3.81. The van der Waals surface area contributed by atoms with Crippen LogP contribution in [0.5, 0.6) is 0 Å². The Morgan fingerprint density at radius 2 is 2.11 bits per heavy atom. The summed E-state index contributed by atoms with van der Waals surface area (Å²) in [5.74, 6) is 0.777. The van der Waals surface area contributed by atoms with E-state index in [1.54, 1.807) is 6.08 Å². The minimum absolute atomic E-state index is 0.117. The predicted octanol–water partition coefficient (Wildman–Crippen LogP) is 2.67. The van der Waals surface area contributed by atoms with E-state index < -0.39 is 5.41 Å². The van der Waals surface area contributed by atoms with Gasteiger partial charge < -0.3 is 4.74 Å². The van der Waals surface area contributed by atoms with Gasteiger partial charge in [-0.25, -0.2) is 0 Å². The second-order valence-electron chi connectivity index (χ2n) is 6.37. The maximum atomic E-state index is 12.1. The Bertz CT molecular complexity index is 540. The molecule has 0 aliphatic heterocycles. The first-order chi connectivity index (χ1) is 8.92. The van der Waals surface area contributed by atoms with Crippen molar-refractivity contribution in [1.82, 2.24) is 0 Å². The zero-order chi connectivity index (χ0) is 13.9. The van der Waals surface area contributed by atoms with Crippen molar-refractivity contribution in [3.63, 3.8) is 0 Å². The standard InChI is InChI=1S/C16H20O3/c1-8-5-6-10-14(16(10,3)15(18)19-4)13-9(2)7-11(17)12(8)13/h7,10,13-14H,5-6H2,1-4H3/t10-,13-,14-,16-/m0/s1. The molecular formula is C16H20O3. The monoisotopic (exact) mass is 260 g/mol. The summed E-state index contributed by atoms with van der Waals surface area (Å²) >= 11 is 0. The second-order valence-corrected chi connectivity index (χ2v) is 6.37. The summed E-state index contributed by atoms with van der Waals surface area (Å²) in [6, 6.07) is 0. The van der Waals surface area contributed by atoms with E-state index in [1.165, 1.54) is 12.7 Å². The number of hydrogen-bond donors (Lipinski definition) is 0. The van der Waals surface area contributed by atoms with Gasteiger partial charge in [-0.1, -0.05) is 11.1 Å². The molecule has 3 nitrogen and oxygen atoms in total. The number of hydrogen-bond acceptors (Lipinski definition) is 3. The molecule has 1 fully saturated rings. The van der Waals surface area contributed by atoms with Crippen LogP contribution in [0.25, 0.3) is 0 Å². The predicted molar refractivity (Wildman–Crippen MR) is 71.3 cm³/mol. The fourth-order valence-corrected chi connectivity index (χ4v) is 4.40. The summed E-state index contributed by atoms with van der Waals surface area (Å²) in [7, 11) is 1.45. The van der Waals surface area contributed by atoms with Crippen LogP contribution >= 0.6 is 0 Å². The number of ketones is 1. The van der Waals surface area contributed by atoms with E-state index in [2.05, 4.69) is 6.92 Å². The average molecular weight is 260 g/mol. The minimum atomic E-state index is -0.398. The Kier molecular flexibility index (Phi) is 2.54. The molecule has 19 heavy (non-hydrogen) atoms. The number of fused-ring (bicyclic) bond motifs is 3. The van der Waals surface area contributed by atoms with Gasteiger partial charge in [0.15, 0.2) is 5.78 Å². The molecule has 4 atom stereocenters. The lowest BCUT2D eigenvalue weighted by Crippen LogP contribution is -2.22. The highest BCUT2D eigenvalue weighted by molar-refractivity contribution is 6.09. The molecule has 0 aromatic heterocycles. The van der Waals surface area contributed by atoms with Gasteiger partial charge in [-0.15, -0.1) is 0 Å². The molecule has 0 amide bonds. The van der Waals surface area contributed by atoms with E-state index in [1.807, 2.05) is 13.8 Å². The molecule has 0 aromatic rings. The molecule has 3 heteroatoms. The van der Waals surface area contributed by atoms with Gasteiger partial charge in [0.1, 0.15) is 0 Å². The lowest BCUT2D eigenvalue weighted by atomic mass is 9.85. The molecule has 3 rings (SSSR count). The molecule has 102 valence electrons. The third-order valence-corrected chi connectivity index (χ3v) is 5.49. The van der Waals surface area contributed by atoms with Crippen LogP contribution < -0.4 is 0 Å². The largest absolute Gasteiger partial charge is 0.469 e. The fourth-order valence-electron chi connectivity index (χ4n) is 4.40. The van der Waals surface area contributed by atoms with Gasteiger partial charge in [0.2, 0.25) is 0 Å². The summed E-state index contributed by atoms with van der Waals surface area (Å²) in [6.07, 6.45) is 3.66. The topological polar surface area (TPSA) is 43.4 Å². The molecular weight excluding hydrogens is 240 g/mol. The van der Waals surface area contributed by atoms with E-state index in [0.717, 1.165) is 24.0 Å². The number of esters is 1.